The van der Waals surface area contributed by atoms with E-state index in [4.69, 9.17) is 0 Å². The van der Waals surface area contributed by atoms with E-state index in [-0.39, 0.29) is 42.0 Å². The van der Waals surface area contributed by atoms with E-state index < -0.39 is 17.9 Å². The predicted molar refractivity (Wildman–Crippen MR) is 383 cm³/mol. The van der Waals surface area contributed by atoms with Gasteiger partial charge in [0.1, 0.15) is 52.4 Å². The molecule has 6 aliphatic rings. The highest BCUT2D eigenvalue weighted by Gasteiger charge is 2.33. The summed E-state index contributed by atoms with van der Waals surface area (Å²) in [5, 5.41) is 48.1. The number of imidazole rings is 3. The number of carbonyl (C=O) groups is 3. The lowest BCUT2D eigenvalue weighted by atomic mass is 9.94. The monoisotopic (exact) mass is 1390 g/mol. The van der Waals surface area contributed by atoms with Crippen molar-refractivity contribution in [1.82, 2.24) is 64.0 Å². The maximum Gasteiger partial charge on any atom is 0.254 e. The molecule has 2 atom stereocenters. The van der Waals surface area contributed by atoms with Crippen LogP contribution in [0.25, 0.3) is 50.7 Å². The Morgan fingerprint density at radius 1 is 0.495 bits per heavy atom. The lowest BCUT2D eigenvalue weighted by Crippen LogP contribution is -2.44. The third-order valence-electron chi connectivity index (χ3n) is 19.9. The molecule has 9 aromatic heterocycles. The highest BCUT2D eigenvalue weighted by atomic mass is 19.1. The van der Waals surface area contributed by atoms with Gasteiger partial charge in [-0.25, -0.2) is 43.1 Å². The van der Waals surface area contributed by atoms with E-state index in [9.17, 15) is 42.9 Å². The fourth-order valence-corrected chi connectivity index (χ4v) is 14.3. The topological polar surface area (TPSA) is 297 Å². The van der Waals surface area contributed by atoms with Crippen molar-refractivity contribution >= 4 is 86.1 Å². The molecule has 25 nitrogen and oxygen atoms in total. The molecule has 0 spiro atoms. The smallest absolute Gasteiger partial charge is 0.254 e. The van der Waals surface area contributed by atoms with E-state index in [1.165, 1.54) is 24.3 Å². The maximum absolute atomic E-state index is 13.9. The highest BCUT2D eigenvalue weighted by molar-refractivity contribution is 6.08. The van der Waals surface area contributed by atoms with Crippen LogP contribution >= 0.6 is 0 Å². The number of aromatic nitrogens is 10. The Bertz CT molecular complexity index is 5250. The number of carbonyl (C=O) groups excluding carboxylic acids is 3. The Morgan fingerprint density at radius 2 is 0.951 bits per heavy atom. The second-order valence-corrected chi connectivity index (χ2v) is 26.6. The number of amides is 3. The van der Waals surface area contributed by atoms with Crippen molar-refractivity contribution in [2.45, 2.75) is 82.6 Å². The molecule has 3 amide bonds. The van der Waals surface area contributed by atoms with E-state index in [0.29, 0.717) is 95.1 Å². The molecule has 3 fully saturated rings. The van der Waals surface area contributed by atoms with Gasteiger partial charge >= 0.3 is 0 Å². The number of anilines is 9. The van der Waals surface area contributed by atoms with Crippen molar-refractivity contribution in [3.63, 3.8) is 0 Å². The number of nitrogens with one attached hydrogen (secondary N) is 6. The number of hydrogen-bond acceptors (Lipinski definition) is 19. The normalized spacial score (nSPS) is 17.6. The summed E-state index contributed by atoms with van der Waals surface area (Å²) in [6.07, 6.45) is 20.0. The summed E-state index contributed by atoms with van der Waals surface area (Å²) in [6.45, 7) is 6.99. The van der Waals surface area contributed by atoms with Crippen LogP contribution < -0.4 is 46.6 Å². The molecular weight excluding hydrogens is 1320 g/mol. The van der Waals surface area contributed by atoms with E-state index in [1.807, 2.05) is 106 Å². The number of pyridine rings is 5. The predicted octanol–water partition coefficient (Wildman–Crippen LogP) is 10.0. The Hall–Kier alpha value is -12.0. The molecule has 0 radical (unpaired) electrons. The number of benzene rings is 3. The fourth-order valence-electron chi connectivity index (χ4n) is 14.3. The van der Waals surface area contributed by atoms with Gasteiger partial charge in [-0.15, -0.1) is 0 Å². The zero-order valence-corrected chi connectivity index (χ0v) is 55.7. The molecule has 0 aliphatic carbocycles. The standard InChI is InChI=1S/C26H25FN6O2.C25H22F2N6O2.C24H23N7O2/c1-26(35)7-10-32(11-8-26)17-2-5-22(28-13-17)31-20-4-3-18(19-14-30-25(34)24(19)20)21-15-29-23-12-16(27)6-9-33(21)23;26-14-5-8-33-20(12-29-23(33)9-14)16-2-3-19(24-17(16)11-30-25(24)35)31-22-4-1-15(10-28-22)32-7-6-21(34)18(27)13-32;32-17-5-8-30(9-6-17)15-1-4-21(26-12-15)29-20-3-2-18(19-14-28-24(33)22(19)20)23-27-13-16-11-25-7-10-31(16)23/h2-6,9,12-13,15,35H,7-8,10-11,14H2,1H3,(H,28,31)(H,30,34);1-5,8-10,12,18,21,34H,6-7,11,13H2,(H,28,31)(H,30,35);1-4,7,10-13,17,32H,5-6,8-9,14H2,(H,26,29)(H,28,33)/t;18-,21-;/m.1./s1. The Labute approximate surface area is 587 Å². The number of halogens is 3. The summed E-state index contributed by atoms with van der Waals surface area (Å²) in [6, 6.07) is 28.4. The van der Waals surface area contributed by atoms with E-state index in [1.54, 1.807) is 60.0 Å². The van der Waals surface area contributed by atoms with Gasteiger partial charge in [0.05, 0.1) is 135 Å². The molecule has 12 aromatic rings. The van der Waals surface area contributed by atoms with Gasteiger partial charge < -0.3 is 61.9 Å². The number of rotatable bonds is 12. The van der Waals surface area contributed by atoms with Crippen molar-refractivity contribution in [2.24, 2.45) is 0 Å². The van der Waals surface area contributed by atoms with Crippen molar-refractivity contribution in [2.75, 3.05) is 69.9 Å². The molecule has 0 saturated carbocycles. The zero-order chi connectivity index (χ0) is 70.6. The van der Waals surface area contributed by atoms with Gasteiger partial charge in [0.25, 0.3) is 17.7 Å². The van der Waals surface area contributed by atoms with Gasteiger partial charge in [-0.1, -0.05) is 12.1 Å². The first kappa shape index (κ1) is 65.6. The van der Waals surface area contributed by atoms with E-state index in [0.717, 1.165) is 125 Å². The van der Waals surface area contributed by atoms with Gasteiger partial charge in [0.15, 0.2) is 0 Å². The number of aliphatic hydroxyl groups excluding tert-OH is 2. The summed E-state index contributed by atoms with van der Waals surface area (Å²) < 4.78 is 46.7. The second-order valence-electron chi connectivity index (χ2n) is 26.6. The SMILES string of the molecule is CC1(O)CCN(c2ccc(Nc3ccc(-c4cnc5cc(F)ccn45)c4c3C(=O)NC4)nc2)CC1.O=C1NCc2c(-c3cnc4cc(F)ccn34)ccc(Nc3ccc(N4CC[C@@H](O)[C@H](F)C4)cn3)c21.O=C1NCc2c(-c3ncc4cnccn34)ccc(Nc3ccc(N4CCC(O)CC4)cn3)c21. The fraction of sp³-hybridized carbons (Fsp3) is 0.253. The molecule has 28 heteroatoms. The molecule has 9 N–H and O–H groups in total. The molecule has 3 aromatic carbocycles. The zero-order valence-electron chi connectivity index (χ0n) is 55.7. The Balaban J connectivity index is 0.000000119. The molecule has 18 rings (SSSR count). The number of piperidine rings is 3. The first-order chi connectivity index (χ1) is 50.0. The van der Waals surface area contributed by atoms with Gasteiger partial charge in [-0.05, 0) is 129 Å². The molecule has 0 unspecified atom stereocenters. The lowest BCUT2D eigenvalue weighted by molar-refractivity contribution is 0.0351. The maximum atomic E-state index is 13.9. The van der Waals surface area contributed by atoms with Crippen LogP contribution in [0.1, 0.15) is 86.8 Å². The van der Waals surface area contributed by atoms with Crippen LogP contribution in [0.5, 0.6) is 0 Å². The number of aliphatic hydroxyl groups is 3. The first-order valence-electron chi connectivity index (χ1n) is 34.1. The van der Waals surface area contributed by atoms with Gasteiger partial charge in [-0.3, -0.25) is 32.6 Å². The van der Waals surface area contributed by atoms with Crippen LogP contribution in [0.15, 0.2) is 165 Å². The number of hydrogen-bond donors (Lipinski definition) is 9. The molecule has 0 bridgehead atoms. The van der Waals surface area contributed by atoms with Gasteiger partial charge in [0, 0.05) is 106 Å². The quantitative estimate of drug-likeness (QED) is 0.0549. The highest BCUT2D eigenvalue weighted by Crippen LogP contribution is 2.40. The minimum atomic E-state index is -1.28. The minimum absolute atomic E-state index is 0.111. The molecule has 6 aliphatic heterocycles. The van der Waals surface area contributed by atoms with Crippen LogP contribution in [-0.4, -0.2) is 144 Å². The summed E-state index contributed by atoms with van der Waals surface area (Å²) >= 11 is 0. The van der Waals surface area contributed by atoms with Crippen LogP contribution in [0.2, 0.25) is 0 Å². The average Bonchev–Trinajstić information content (AvgIpc) is 1.64. The molecule has 3 saturated heterocycles. The lowest BCUT2D eigenvalue weighted by Gasteiger charge is -2.37. The minimum Gasteiger partial charge on any atom is -0.393 e. The van der Waals surface area contributed by atoms with Crippen molar-refractivity contribution in [3.05, 3.63) is 210 Å². The summed E-state index contributed by atoms with van der Waals surface area (Å²) in [4.78, 5) is 75.4. The van der Waals surface area contributed by atoms with Crippen molar-refractivity contribution in [1.29, 1.82) is 0 Å². The molecular formula is C75H70F3N19O6. The first-order valence-corrected chi connectivity index (χ1v) is 34.1. The molecule has 522 valence electrons. The van der Waals surface area contributed by atoms with Crippen LogP contribution in [0, 0.1) is 11.6 Å². The van der Waals surface area contributed by atoms with Crippen molar-refractivity contribution in [3.8, 4) is 33.9 Å². The number of fused-ring (bicyclic) bond motifs is 6. The van der Waals surface area contributed by atoms with Crippen LogP contribution in [-0.2, 0) is 19.6 Å². The average molecular weight is 1390 g/mol. The summed E-state index contributed by atoms with van der Waals surface area (Å²) in [7, 11) is 0. The van der Waals surface area contributed by atoms with Gasteiger partial charge in [-0.2, -0.15) is 0 Å². The third-order valence-corrected chi connectivity index (χ3v) is 19.9. The van der Waals surface area contributed by atoms with Crippen LogP contribution in [0.4, 0.5) is 64.7 Å². The summed E-state index contributed by atoms with van der Waals surface area (Å²) in [5.74, 6) is 1.46. The Morgan fingerprint density at radius 3 is 1.43 bits per heavy atom. The van der Waals surface area contributed by atoms with E-state index >= 15 is 0 Å². The largest absolute Gasteiger partial charge is 0.393 e. The van der Waals surface area contributed by atoms with E-state index in [2.05, 4.69) is 76.6 Å². The number of alkyl halides is 1. The summed E-state index contributed by atoms with van der Waals surface area (Å²) in [5.41, 5.74) is 14.6. The van der Waals surface area contributed by atoms with Crippen LogP contribution in [0.3, 0.4) is 0 Å². The van der Waals surface area contributed by atoms with Crippen molar-refractivity contribution < 1.29 is 42.9 Å². The third kappa shape index (κ3) is 13.1. The Kier molecular flexibility index (Phi) is 17.3. The second kappa shape index (κ2) is 27.2. The molecule has 15 heterocycles. The molecule has 103 heavy (non-hydrogen) atoms. The number of nitrogens with zero attached hydrogens (tertiary/aromatic N) is 13. The van der Waals surface area contributed by atoms with Gasteiger partial charge in [0.2, 0.25) is 0 Å².